The Hall–Kier alpha value is -2.04. The monoisotopic (exact) mass is 329 g/mol. The van der Waals surface area contributed by atoms with E-state index >= 15 is 0 Å². The van der Waals surface area contributed by atoms with Gasteiger partial charge in [0.15, 0.2) is 0 Å². The second kappa shape index (κ2) is 7.24. The van der Waals surface area contributed by atoms with Crippen LogP contribution >= 0.6 is 0 Å². The summed E-state index contributed by atoms with van der Waals surface area (Å²) in [5.41, 5.74) is 2.19. The van der Waals surface area contributed by atoms with Crippen molar-refractivity contribution in [1.29, 1.82) is 0 Å². The fraction of sp³-hybridized carbons (Fsp3) is 0.579. The number of benzene rings is 1. The molecule has 3 rings (SSSR count). The number of anilines is 2. The Morgan fingerprint density at radius 1 is 1.04 bits per heavy atom. The first-order valence-corrected chi connectivity index (χ1v) is 8.97. The number of nitrogens with zero attached hydrogens (tertiary/aromatic N) is 1. The lowest BCUT2D eigenvalue weighted by atomic mass is 9.88. The third-order valence-corrected chi connectivity index (χ3v) is 4.88. The maximum Gasteiger partial charge on any atom is 0.253 e. The second-order valence-electron chi connectivity index (χ2n) is 7.20. The first-order chi connectivity index (χ1) is 11.5. The average Bonchev–Trinajstić information content (AvgIpc) is 3.39. The third kappa shape index (κ3) is 4.08. The Bertz CT molecular complexity index is 617. The van der Waals surface area contributed by atoms with Gasteiger partial charge in [-0.05, 0) is 43.9 Å². The van der Waals surface area contributed by atoms with Crippen molar-refractivity contribution >= 4 is 23.2 Å². The first-order valence-electron chi connectivity index (χ1n) is 8.97. The van der Waals surface area contributed by atoms with Crippen LogP contribution in [-0.4, -0.2) is 32.0 Å². The fourth-order valence-electron chi connectivity index (χ4n) is 3.29. The summed E-state index contributed by atoms with van der Waals surface area (Å²) >= 11 is 0. The molecule has 5 nitrogen and oxygen atoms in total. The normalized spacial score (nSPS) is 18.1. The molecule has 2 aliphatic rings. The summed E-state index contributed by atoms with van der Waals surface area (Å²) < 4.78 is 0. The van der Waals surface area contributed by atoms with E-state index in [0.29, 0.717) is 17.3 Å². The predicted molar refractivity (Wildman–Crippen MR) is 96.5 cm³/mol. The van der Waals surface area contributed by atoms with Crippen LogP contribution in [0.3, 0.4) is 0 Å². The molecule has 1 aromatic rings. The molecule has 0 spiro atoms. The van der Waals surface area contributed by atoms with E-state index < -0.39 is 0 Å². The van der Waals surface area contributed by atoms with Gasteiger partial charge < -0.3 is 15.5 Å². The van der Waals surface area contributed by atoms with E-state index in [4.69, 9.17) is 0 Å². The van der Waals surface area contributed by atoms with Crippen LogP contribution in [-0.2, 0) is 4.79 Å². The molecule has 0 radical (unpaired) electrons. The molecule has 1 aromatic carbocycles. The summed E-state index contributed by atoms with van der Waals surface area (Å²) in [6.07, 6.45) is 7.54. The van der Waals surface area contributed by atoms with Gasteiger partial charge in [0.05, 0.1) is 5.56 Å². The lowest BCUT2D eigenvalue weighted by molar-refractivity contribution is -0.120. The van der Waals surface area contributed by atoms with Gasteiger partial charge in [-0.2, -0.15) is 0 Å². The van der Waals surface area contributed by atoms with Crippen LogP contribution in [0.1, 0.15) is 55.3 Å². The zero-order valence-electron chi connectivity index (χ0n) is 14.6. The van der Waals surface area contributed by atoms with Crippen molar-refractivity contribution in [3.8, 4) is 0 Å². The summed E-state index contributed by atoms with van der Waals surface area (Å²) in [6, 6.07) is 5.89. The van der Waals surface area contributed by atoms with Crippen molar-refractivity contribution in [2.45, 2.75) is 51.0 Å². The minimum absolute atomic E-state index is 0.0602. The fourth-order valence-corrected chi connectivity index (χ4v) is 3.29. The van der Waals surface area contributed by atoms with Gasteiger partial charge in [-0.1, -0.05) is 19.3 Å². The zero-order chi connectivity index (χ0) is 17.1. The standard InChI is InChI=1S/C19H27N3O2/c1-22(2)17-11-10-15(12-16(17)19(24)20-14-8-9-14)21-18(23)13-6-4-3-5-7-13/h10-14H,3-9H2,1-2H3,(H,20,24)(H,21,23). The van der Waals surface area contributed by atoms with Crippen molar-refractivity contribution in [3.63, 3.8) is 0 Å². The van der Waals surface area contributed by atoms with Crippen LogP contribution in [0.5, 0.6) is 0 Å². The summed E-state index contributed by atoms with van der Waals surface area (Å²) in [6.45, 7) is 0. The number of amides is 2. The van der Waals surface area contributed by atoms with Gasteiger partial charge in [-0.25, -0.2) is 0 Å². The van der Waals surface area contributed by atoms with Gasteiger partial charge in [0.2, 0.25) is 5.91 Å². The number of rotatable bonds is 5. The van der Waals surface area contributed by atoms with Gasteiger partial charge >= 0.3 is 0 Å². The topological polar surface area (TPSA) is 61.4 Å². The molecule has 0 heterocycles. The Morgan fingerprint density at radius 3 is 2.38 bits per heavy atom. The van der Waals surface area contributed by atoms with E-state index in [1.807, 2.05) is 31.1 Å². The highest BCUT2D eigenvalue weighted by Crippen LogP contribution is 2.28. The quantitative estimate of drug-likeness (QED) is 0.872. The molecule has 2 N–H and O–H groups in total. The molecule has 0 atom stereocenters. The number of hydrogen-bond donors (Lipinski definition) is 2. The molecule has 5 heteroatoms. The molecular formula is C19H27N3O2. The van der Waals surface area contributed by atoms with E-state index in [1.165, 1.54) is 6.42 Å². The lowest BCUT2D eigenvalue weighted by Gasteiger charge is -2.22. The molecule has 0 aliphatic heterocycles. The van der Waals surface area contributed by atoms with Crippen LogP contribution in [0.4, 0.5) is 11.4 Å². The Kier molecular flexibility index (Phi) is 5.07. The maximum absolute atomic E-state index is 12.5. The first kappa shape index (κ1) is 16.8. The van der Waals surface area contributed by atoms with Gasteiger partial charge in [0, 0.05) is 37.4 Å². The number of carbonyl (C=O) groups excluding carboxylic acids is 2. The molecule has 2 fully saturated rings. The average molecular weight is 329 g/mol. The van der Waals surface area contributed by atoms with Gasteiger partial charge in [0.1, 0.15) is 0 Å². The lowest BCUT2D eigenvalue weighted by Crippen LogP contribution is -2.28. The Balaban J connectivity index is 1.75. The summed E-state index contributed by atoms with van der Waals surface area (Å²) in [5.74, 6) is 0.131. The maximum atomic E-state index is 12.5. The Labute approximate surface area is 143 Å². The van der Waals surface area contributed by atoms with E-state index in [0.717, 1.165) is 44.2 Å². The number of nitrogens with one attached hydrogen (secondary N) is 2. The van der Waals surface area contributed by atoms with Crippen LogP contribution in [0, 0.1) is 5.92 Å². The highest BCUT2D eigenvalue weighted by Gasteiger charge is 2.26. The Morgan fingerprint density at radius 2 is 1.75 bits per heavy atom. The predicted octanol–water partition coefficient (Wildman–Crippen LogP) is 3.16. The van der Waals surface area contributed by atoms with Crippen LogP contribution < -0.4 is 15.5 Å². The summed E-state index contributed by atoms with van der Waals surface area (Å²) in [5, 5.41) is 6.04. The smallest absolute Gasteiger partial charge is 0.253 e. The summed E-state index contributed by atoms with van der Waals surface area (Å²) in [4.78, 5) is 26.9. The molecule has 24 heavy (non-hydrogen) atoms. The van der Waals surface area contributed by atoms with E-state index in [1.54, 1.807) is 6.07 Å². The number of carbonyl (C=O) groups is 2. The van der Waals surface area contributed by atoms with Gasteiger partial charge in [-0.15, -0.1) is 0 Å². The minimum atomic E-state index is -0.0602. The van der Waals surface area contributed by atoms with E-state index in [9.17, 15) is 9.59 Å². The molecule has 0 unspecified atom stereocenters. The molecule has 0 saturated heterocycles. The van der Waals surface area contributed by atoms with E-state index in [-0.39, 0.29) is 17.7 Å². The van der Waals surface area contributed by atoms with Crippen LogP contribution in [0.15, 0.2) is 18.2 Å². The van der Waals surface area contributed by atoms with Crippen molar-refractivity contribution in [2.75, 3.05) is 24.3 Å². The van der Waals surface area contributed by atoms with Crippen LogP contribution in [0.25, 0.3) is 0 Å². The largest absolute Gasteiger partial charge is 0.377 e. The second-order valence-corrected chi connectivity index (χ2v) is 7.20. The molecule has 2 amide bonds. The summed E-state index contributed by atoms with van der Waals surface area (Å²) in [7, 11) is 3.84. The highest BCUT2D eigenvalue weighted by molar-refractivity contribution is 6.02. The molecular weight excluding hydrogens is 302 g/mol. The zero-order valence-corrected chi connectivity index (χ0v) is 14.6. The van der Waals surface area contributed by atoms with E-state index in [2.05, 4.69) is 10.6 Å². The SMILES string of the molecule is CN(C)c1ccc(NC(=O)C2CCCCC2)cc1C(=O)NC1CC1. The minimum Gasteiger partial charge on any atom is -0.377 e. The molecule has 2 aliphatic carbocycles. The third-order valence-electron chi connectivity index (χ3n) is 4.88. The molecule has 0 bridgehead atoms. The molecule has 2 saturated carbocycles. The van der Waals surface area contributed by atoms with Gasteiger partial charge in [0.25, 0.3) is 5.91 Å². The van der Waals surface area contributed by atoms with Crippen molar-refractivity contribution in [2.24, 2.45) is 5.92 Å². The van der Waals surface area contributed by atoms with Crippen LogP contribution in [0.2, 0.25) is 0 Å². The molecule has 130 valence electrons. The van der Waals surface area contributed by atoms with Crippen molar-refractivity contribution in [3.05, 3.63) is 23.8 Å². The van der Waals surface area contributed by atoms with Crippen molar-refractivity contribution < 1.29 is 9.59 Å². The number of hydrogen-bond acceptors (Lipinski definition) is 3. The van der Waals surface area contributed by atoms with Crippen molar-refractivity contribution in [1.82, 2.24) is 5.32 Å². The molecule has 0 aromatic heterocycles. The highest BCUT2D eigenvalue weighted by atomic mass is 16.2. The van der Waals surface area contributed by atoms with Gasteiger partial charge in [-0.3, -0.25) is 9.59 Å².